The van der Waals surface area contributed by atoms with Crippen molar-refractivity contribution in [1.29, 1.82) is 0 Å². The summed E-state index contributed by atoms with van der Waals surface area (Å²) in [5, 5.41) is 3.72. The van der Waals surface area contributed by atoms with Crippen molar-refractivity contribution >= 4 is 39.3 Å². The van der Waals surface area contributed by atoms with Crippen LogP contribution in [0.2, 0.25) is 5.02 Å². The van der Waals surface area contributed by atoms with Gasteiger partial charge in [0.15, 0.2) is 0 Å². The molecule has 0 aliphatic heterocycles. The van der Waals surface area contributed by atoms with Gasteiger partial charge in [0, 0.05) is 31.7 Å². The molecule has 0 saturated carbocycles. The van der Waals surface area contributed by atoms with Gasteiger partial charge in [0.2, 0.25) is 0 Å². The van der Waals surface area contributed by atoms with Crippen molar-refractivity contribution in [3.8, 4) is 0 Å². The van der Waals surface area contributed by atoms with Crippen molar-refractivity contribution in [3.05, 3.63) is 63.3 Å². The molecule has 1 atom stereocenters. The van der Waals surface area contributed by atoms with Crippen molar-refractivity contribution in [2.75, 3.05) is 12.8 Å². The number of rotatable bonds is 6. The molecule has 0 spiro atoms. The smallest absolute Gasteiger partial charge is 0.127 e. The van der Waals surface area contributed by atoms with Gasteiger partial charge in [-0.25, -0.2) is 4.39 Å². The number of likely N-dealkylation sites (N-methyl/N-ethyl adjacent to an activating group) is 1. The van der Waals surface area contributed by atoms with Gasteiger partial charge in [-0.15, -0.1) is 11.8 Å². The highest BCUT2D eigenvalue weighted by molar-refractivity contribution is 9.10. The number of benzene rings is 2. The largest absolute Gasteiger partial charge is 0.316 e. The van der Waals surface area contributed by atoms with Crippen molar-refractivity contribution in [2.24, 2.45) is 0 Å². The van der Waals surface area contributed by atoms with Crippen LogP contribution in [0.25, 0.3) is 0 Å². The zero-order chi connectivity index (χ0) is 15.2. The molecule has 0 radical (unpaired) electrons. The Balaban J connectivity index is 2.00. The third kappa shape index (κ3) is 4.99. The van der Waals surface area contributed by atoms with Gasteiger partial charge < -0.3 is 5.32 Å². The Bertz CT molecular complexity index is 588. The van der Waals surface area contributed by atoms with Crippen LogP contribution in [0.3, 0.4) is 0 Å². The first-order valence-corrected chi connectivity index (χ1v) is 8.74. The Kier molecular flexibility index (Phi) is 6.55. The third-order valence-corrected chi connectivity index (χ3v) is 5.17. The van der Waals surface area contributed by atoms with Crippen LogP contribution in [-0.2, 0) is 6.42 Å². The van der Waals surface area contributed by atoms with Crippen LogP contribution in [0.15, 0.2) is 51.8 Å². The highest BCUT2D eigenvalue weighted by Crippen LogP contribution is 2.25. The quantitative estimate of drug-likeness (QED) is 0.686. The zero-order valence-corrected chi connectivity index (χ0v) is 14.7. The molecule has 1 nitrogen and oxygen atoms in total. The second-order valence-electron chi connectivity index (χ2n) is 4.66. The van der Waals surface area contributed by atoms with E-state index in [4.69, 9.17) is 11.6 Å². The monoisotopic (exact) mass is 387 g/mol. The van der Waals surface area contributed by atoms with E-state index in [-0.39, 0.29) is 11.9 Å². The summed E-state index contributed by atoms with van der Waals surface area (Å²) in [5.74, 6) is 0.604. The summed E-state index contributed by atoms with van der Waals surface area (Å²) >= 11 is 11.3. The zero-order valence-electron chi connectivity index (χ0n) is 11.6. The van der Waals surface area contributed by atoms with E-state index in [0.717, 1.165) is 10.2 Å². The molecule has 5 heteroatoms. The molecule has 1 N–H and O–H groups in total. The Morgan fingerprint density at radius 1 is 1.29 bits per heavy atom. The van der Waals surface area contributed by atoms with Gasteiger partial charge >= 0.3 is 0 Å². The average Bonchev–Trinajstić information content (AvgIpc) is 2.46. The van der Waals surface area contributed by atoms with Crippen LogP contribution in [0.5, 0.6) is 0 Å². The van der Waals surface area contributed by atoms with Gasteiger partial charge in [-0.3, -0.25) is 0 Å². The molecule has 0 amide bonds. The summed E-state index contributed by atoms with van der Waals surface area (Å²) in [5.41, 5.74) is 0.577. The van der Waals surface area contributed by atoms with Gasteiger partial charge in [-0.1, -0.05) is 39.7 Å². The molecule has 1 unspecified atom stereocenters. The standard InChI is InChI=1S/C16H16BrClFNS/c1-20-12(9-14-15(18)6-3-7-16(14)19)10-21-13-5-2-4-11(17)8-13/h2-8,12,20H,9-10H2,1H3. The topological polar surface area (TPSA) is 12.0 Å². The van der Waals surface area contributed by atoms with E-state index >= 15 is 0 Å². The van der Waals surface area contributed by atoms with Crippen molar-refractivity contribution < 1.29 is 4.39 Å². The van der Waals surface area contributed by atoms with E-state index in [1.807, 2.05) is 19.2 Å². The maximum atomic E-state index is 13.8. The van der Waals surface area contributed by atoms with Gasteiger partial charge in [0.25, 0.3) is 0 Å². The van der Waals surface area contributed by atoms with Gasteiger partial charge in [0.1, 0.15) is 5.82 Å². The van der Waals surface area contributed by atoms with Crippen molar-refractivity contribution in [1.82, 2.24) is 5.32 Å². The molecule has 112 valence electrons. The first kappa shape index (κ1) is 16.8. The van der Waals surface area contributed by atoms with E-state index in [0.29, 0.717) is 17.0 Å². The van der Waals surface area contributed by atoms with Crippen LogP contribution in [0.4, 0.5) is 4.39 Å². The summed E-state index contributed by atoms with van der Waals surface area (Å²) < 4.78 is 14.9. The Labute approximate surface area is 142 Å². The van der Waals surface area contributed by atoms with E-state index in [9.17, 15) is 4.39 Å². The molecule has 0 aromatic heterocycles. The Morgan fingerprint density at radius 2 is 2.05 bits per heavy atom. The summed E-state index contributed by atoms with van der Waals surface area (Å²) in [4.78, 5) is 1.18. The molecule has 0 bridgehead atoms. The molecule has 2 aromatic carbocycles. The molecular weight excluding hydrogens is 373 g/mol. The fraction of sp³-hybridized carbons (Fsp3) is 0.250. The summed E-state index contributed by atoms with van der Waals surface area (Å²) in [6.07, 6.45) is 0.572. The van der Waals surface area contributed by atoms with E-state index in [2.05, 4.69) is 33.4 Å². The first-order chi connectivity index (χ1) is 10.1. The minimum Gasteiger partial charge on any atom is -0.316 e. The van der Waals surface area contributed by atoms with Gasteiger partial charge in [-0.05, 0) is 43.8 Å². The lowest BCUT2D eigenvalue weighted by Gasteiger charge is -2.17. The Morgan fingerprint density at radius 3 is 2.71 bits per heavy atom. The molecule has 0 saturated heterocycles. The molecular formula is C16H16BrClFNS. The maximum Gasteiger partial charge on any atom is 0.127 e. The number of nitrogens with one attached hydrogen (secondary N) is 1. The SMILES string of the molecule is CNC(CSc1cccc(Br)c1)Cc1c(F)cccc1Cl. The summed E-state index contributed by atoms with van der Waals surface area (Å²) in [7, 11) is 1.89. The lowest BCUT2D eigenvalue weighted by molar-refractivity contribution is 0.568. The van der Waals surface area contributed by atoms with E-state index in [1.54, 1.807) is 23.9 Å². The summed E-state index contributed by atoms with van der Waals surface area (Å²) in [6, 6.07) is 13.1. The molecule has 0 heterocycles. The number of halogens is 3. The molecule has 21 heavy (non-hydrogen) atoms. The molecule has 2 rings (SSSR count). The predicted octanol–water partition coefficient (Wildman–Crippen LogP) is 5.16. The van der Waals surface area contributed by atoms with Crippen LogP contribution in [-0.4, -0.2) is 18.8 Å². The molecule has 2 aromatic rings. The third-order valence-electron chi connectivity index (χ3n) is 3.17. The second-order valence-corrected chi connectivity index (χ2v) is 7.07. The molecule has 0 fully saturated rings. The van der Waals surface area contributed by atoms with Crippen LogP contribution < -0.4 is 5.32 Å². The number of hydrogen-bond donors (Lipinski definition) is 1. The van der Waals surface area contributed by atoms with Gasteiger partial charge in [-0.2, -0.15) is 0 Å². The van der Waals surface area contributed by atoms with Gasteiger partial charge in [0.05, 0.1) is 0 Å². The van der Waals surface area contributed by atoms with Crippen LogP contribution >= 0.6 is 39.3 Å². The minimum atomic E-state index is -0.241. The van der Waals surface area contributed by atoms with Crippen LogP contribution in [0.1, 0.15) is 5.56 Å². The predicted molar refractivity (Wildman–Crippen MR) is 92.8 cm³/mol. The highest BCUT2D eigenvalue weighted by atomic mass is 79.9. The second kappa shape index (κ2) is 8.18. The highest BCUT2D eigenvalue weighted by Gasteiger charge is 2.14. The number of hydrogen-bond acceptors (Lipinski definition) is 2. The van der Waals surface area contributed by atoms with Crippen molar-refractivity contribution in [3.63, 3.8) is 0 Å². The maximum absolute atomic E-state index is 13.8. The average molecular weight is 389 g/mol. The fourth-order valence-corrected chi connectivity index (χ4v) is 3.83. The van der Waals surface area contributed by atoms with Crippen LogP contribution in [0, 0.1) is 5.82 Å². The summed E-state index contributed by atoms with van der Waals surface area (Å²) in [6.45, 7) is 0. The minimum absolute atomic E-state index is 0.156. The normalized spacial score (nSPS) is 12.4. The van der Waals surface area contributed by atoms with E-state index in [1.165, 1.54) is 11.0 Å². The fourth-order valence-electron chi connectivity index (χ4n) is 1.97. The Hall–Kier alpha value is -0.550. The number of thioether (sulfide) groups is 1. The first-order valence-electron chi connectivity index (χ1n) is 6.58. The molecule has 0 aliphatic rings. The van der Waals surface area contributed by atoms with E-state index < -0.39 is 0 Å². The molecule has 0 aliphatic carbocycles. The lowest BCUT2D eigenvalue weighted by Crippen LogP contribution is -2.30. The lowest BCUT2D eigenvalue weighted by atomic mass is 10.1. The van der Waals surface area contributed by atoms with Crippen molar-refractivity contribution in [2.45, 2.75) is 17.4 Å².